The second-order valence-corrected chi connectivity index (χ2v) is 5.23. The molecule has 2 aromatic rings. The second kappa shape index (κ2) is 7.35. The van der Waals surface area contributed by atoms with E-state index in [1.807, 2.05) is 0 Å². The molecule has 0 aliphatic carbocycles. The van der Waals surface area contributed by atoms with Crippen LogP contribution < -0.4 is 0 Å². The lowest BCUT2D eigenvalue weighted by Crippen LogP contribution is -2.10. The van der Waals surface area contributed by atoms with E-state index in [9.17, 15) is 0 Å². The molecular formula is C17H22BN. The number of fused-ring (bicyclic) bond motifs is 1. The predicted octanol–water partition coefficient (Wildman–Crippen LogP) is 3.68. The molecule has 0 atom stereocenters. The molecule has 1 heterocycles. The minimum absolute atomic E-state index is 0.721. The van der Waals surface area contributed by atoms with Gasteiger partial charge >= 0.3 is 0 Å². The number of hydrogen-bond acceptors (Lipinski definition) is 1. The smallest absolute Gasteiger partial charge is 0.0657 e. The van der Waals surface area contributed by atoms with Crippen LogP contribution in [0.15, 0.2) is 42.5 Å². The van der Waals surface area contributed by atoms with Crippen molar-refractivity contribution < 1.29 is 0 Å². The quantitative estimate of drug-likeness (QED) is 0.736. The highest BCUT2D eigenvalue weighted by molar-refractivity contribution is 6.08. The van der Waals surface area contributed by atoms with Gasteiger partial charge in [0.15, 0.2) is 0 Å². The lowest BCUT2D eigenvalue weighted by Gasteiger charge is -2.01. The zero-order chi connectivity index (χ0) is 13.5. The van der Waals surface area contributed by atoms with Gasteiger partial charge < -0.3 is 4.90 Å². The Morgan fingerprint density at radius 2 is 1.68 bits per heavy atom. The number of aryl methyl sites for hydroxylation is 1. The normalized spacial score (nSPS) is 15.2. The molecule has 1 fully saturated rings. The average molecular weight is 251 g/mol. The van der Waals surface area contributed by atoms with E-state index in [1.165, 1.54) is 42.3 Å². The first-order valence-electron chi connectivity index (χ1n) is 7.16. The van der Waals surface area contributed by atoms with E-state index in [4.69, 9.17) is 7.85 Å². The van der Waals surface area contributed by atoms with Crippen molar-refractivity contribution in [2.45, 2.75) is 25.6 Å². The van der Waals surface area contributed by atoms with Gasteiger partial charge in [-0.05, 0) is 55.7 Å². The highest BCUT2D eigenvalue weighted by Gasteiger charge is 2.03. The van der Waals surface area contributed by atoms with Gasteiger partial charge in [0, 0.05) is 0 Å². The van der Waals surface area contributed by atoms with Gasteiger partial charge in [-0.25, -0.2) is 0 Å². The zero-order valence-electron chi connectivity index (χ0n) is 11.8. The van der Waals surface area contributed by atoms with Gasteiger partial charge in [0.05, 0.1) is 7.85 Å². The summed E-state index contributed by atoms with van der Waals surface area (Å²) in [5.41, 5.74) is 1.32. The molecule has 2 aromatic carbocycles. The Kier molecular flexibility index (Phi) is 5.47. The summed E-state index contributed by atoms with van der Waals surface area (Å²) >= 11 is 0. The van der Waals surface area contributed by atoms with Gasteiger partial charge in [0.25, 0.3) is 0 Å². The largest absolute Gasteiger partial charge is 0.306 e. The van der Waals surface area contributed by atoms with Gasteiger partial charge in [0.2, 0.25) is 0 Å². The minimum atomic E-state index is 0.721. The Balaban J connectivity index is 0.000000186. The van der Waals surface area contributed by atoms with Crippen LogP contribution in [0.5, 0.6) is 0 Å². The summed E-state index contributed by atoms with van der Waals surface area (Å²) in [5, 5.41) is 2.59. The number of benzene rings is 2. The van der Waals surface area contributed by atoms with Gasteiger partial charge in [-0.3, -0.25) is 0 Å². The summed E-state index contributed by atoms with van der Waals surface area (Å²) in [7, 11) is 7.68. The SMILES string of the molecule is CN1CCCC1.[B]CCc1ccc2ccccc2c1. The lowest BCUT2D eigenvalue weighted by atomic mass is 9.96. The van der Waals surface area contributed by atoms with E-state index >= 15 is 0 Å². The number of hydrogen-bond donors (Lipinski definition) is 0. The molecule has 2 radical (unpaired) electrons. The molecule has 1 saturated heterocycles. The van der Waals surface area contributed by atoms with E-state index in [1.54, 1.807) is 0 Å². The number of likely N-dealkylation sites (tertiary alicyclic amines) is 1. The molecule has 0 amide bonds. The zero-order valence-corrected chi connectivity index (χ0v) is 11.8. The summed E-state index contributed by atoms with van der Waals surface area (Å²) in [6.07, 6.45) is 4.51. The molecule has 19 heavy (non-hydrogen) atoms. The van der Waals surface area contributed by atoms with Crippen LogP contribution >= 0.6 is 0 Å². The Bertz CT molecular complexity index is 503. The first-order valence-corrected chi connectivity index (χ1v) is 7.16. The number of rotatable bonds is 2. The predicted molar refractivity (Wildman–Crippen MR) is 84.9 cm³/mol. The van der Waals surface area contributed by atoms with E-state index in [2.05, 4.69) is 54.4 Å². The Labute approximate surface area is 118 Å². The maximum Gasteiger partial charge on any atom is 0.0657 e. The van der Waals surface area contributed by atoms with Gasteiger partial charge in [-0.15, -0.1) is 0 Å². The van der Waals surface area contributed by atoms with E-state index in [-0.39, 0.29) is 0 Å². The van der Waals surface area contributed by atoms with Crippen LogP contribution in [0.3, 0.4) is 0 Å². The molecule has 0 spiro atoms. The van der Waals surface area contributed by atoms with Crippen LogP contribution in [0.4, 0.5) is 0 Å². The fraction of sp³-hybridized carbons (Fsp3) is 0.412. The molecule has 98 valence electrons. The maximum absolute atomic E-state index is 5.50. The number of nitrogens with zero attached hydrogens (tertiary/aromatic N) is 1. The molecule has 0 unspecified atom stereocenters. The molecule has 0 N–H and O–H groups in total. The monoisotopic (exact) mass is 251 g/mol. The first kappa shape index (κ1) is 14.1. The van der Waals surface area contributed by atoms with Crippen molar-refractivity contribution >= 4 is 18.6 Å². The van der Waals surface area contributed by atoms with Crippen molar-refractivity contribution in [3.8, 4) is 0 Å². The average Bonchev–Trinajstić information content (AvgIpc) is 2.91. The fourth-order valence-corrected chi connectivity index (χ4v) is 2.44. The molecule has 1 aliphatic heterocycles. The summed E-state index contributed by atoms with van der Waals surface area (Å²) in [6.45, 7) is 2.64. The van der Waals surface area contributed by atoms with Crippen LogP contribution in [0.1, 0.15) is 18.4 Å². The Morgan fingerprint density at radius 3 is 2.26 bits per heavy atom. The van der Waals surface area contributed by atoms with Crippen molar-refractivity contribution in [3.63, 3.8) is 0 Å². The Morgan fingerprint density at radius 1 is 1.00 bits per heavy atom. The maximum atomic E-state index is 5.50. The minimum Gasteiger partial charge on any atom is -0.306 e. The van der Waals surface area contributed by atoms with Crippen LogP contribution in [-0.2, 0) is 6.42 Å². The standard InChI is InChI=1S/C12H11B.C5H11N/c13-8-7-10-5-6-11-3-1-2-4-12(11)9-10;1-6-4-2-3-5-6/h1-6,9H,7-8H2;2-5H2,1H3. The first-order chi connectivity index (χ1) is 9.29. The van der Waals surface area contributed by atoms with Crippen molar-refractivity contribution in [1.82, 2.24) is 4.90 Å². The topological polar surface area (TPSA) is 3.24 Å². The van der Waals surface area contributed by atoms with Crippen molar-refractivity contribution in [1.29, 1.82) is 0 Å². The van der Waals surface area contributed by atoms with Crippen LogP contribution in [-0.4, -0.2) is 32.9 Å². The van der Waals surface area contributed by atoms with E-state index in [0.717, 1.165) is 12.7 Å². The molecule has 0 aromatic heterocycles. The molecule has 0 saturated carbocycles. The molecule has 1 aliphatic rings. The van der Waals surface area contributed by atoms with Gasteiger partial charge in [0.1, 0.15) is 0 Å². The second-order valence-electron chi connectivity index (χ2n) is 5.23. The third-order valence-electron chi connectivity index (χ3n) is 3.58. The molecular weight excluding hydrogens is 229 g/mol. The molecule has 1 nitrogen and oxygen atoms in total. The lowest BCUT2D eigenvalue weighted by molar-refractivity contribution is 0.418. The van der Waals surface area contributed by atoms with Crippen LogP contribution in [0.25, 0.3) is 10.8 Å². The summed E-state index contributed by atoms with van der Waals surface area (Å²) in [4.78, 5) is 2.36. The summed E-state index contributed by atoms with van der Waals surface area (Å²) < 4.78 is 0. The third kappa shape index (κ3) is 4.39. The van der Waals surface area contributed by atoms with E-state index in [0.29, 0.717) is 0 Å². The highest BCUT2D eigenvalue weighted by atomic mass is 15.1. The molecule has 0 bridgehead atoms. The van der Waals surface area contributed by atoms with Gasteiger partial charge in [-0.2, -0.15) is 0 Å². The fourth-order valence-electron chi connectivity index (χ4n) is 2.44. The third-order valence-corrected chi connectivity index (χ3v) is 3.58. The summed E-state index contributed by atoms with van der Waals surface area (Å²) in [6, 6.07) is 14.9. The summed E-state index contributed by atoms with van der Waals surface area (Å²) in [5.74, 6) is 0. The Hall–Kier alpha value is -1.28. The van der Waals surface area contributed by atoms with Gasteiger partial charge in [-0.1, -0.05) is 48.8 Å². The van der Waals surface area contributed by atoms with Crippen LogP contribution in [0, 0.1) is 0 Å². The van der Waals surface area contributed by atoms with Crippen molar-refractivity contribution in [2.24, 2.45) is 0 Å². The molecule has 3 rings (SSSR count). The van der Waals surface area contributed by atoms with Crippen LogP contribution in [0.2, 0.25) is 6.32 Å². The van der Waals surface area contributed by atoms with E-state index < -0.39 is 0 Å². The van der Waals surface area contributed by atoms with Crippen molar-refractivity contribution in [2.75, 3.05) is 20.1 Å². The van der Waals surface area contributed by atoms with Crippen molar-refractivity contribution in [3.05, 3.63) is 48.0 Å². The highest BCUT2D eigenvalue weighted by Crippen LogP contribution is 2.16. The molecule has 2 heteroatoms.